The molecule has 1 aromatic rings. The molecule has 0 fully saturated rings. The fourth-order valence-corrected chi connectivity index (χ4v) is 4.00. The Morgan fingerprint density at radius 3 is 2.79 bits per heavy atom. The van der Waals surface area contributed by atoms with Crippen molar-refractivity contribution in [3.63, 3.8) is 0 Å². The number of rotatable bonds is 4. The fraction of sp³-hybridized carbons (Fsp3) is 0.571. The molecule has 2 rings (SSSR count). The van der Waals surface area contributed by atoms with Crippen molar-refractivity contribution in [1.82, 2.24) is 4.72 Å². The van der Waals surface area contributed by atoms with Gasteiger partial charge >= 0.3 is 0 Å². The minimum atomic E-state index is -3.46. The monoisotopic (exact) mass is 282 g/mol. The minimum Gasteiger partial charge on any atom is -0.385 e. The number of fused-ring (bicyclic) bond motifs is 1. The lowest BCUT2D eigenvalue weighted by molar-refractivity contribution is 0.439. The van der Waals surface area contributed by atoms with E-state index < -0.39 is 15.6 Å². The van der Waals surface area contributed by atoms with Gasteiger partial charge in [0.15, 0.2) is 0 Å². The second-order valence-electron chi connectivity index (χ2n) is 5.66. The highest BCUT2D eigenvalue weighted by Gasteiger charge is 2.27. The average molecular weight is 282 g/mol. The van der Waals surface area contributed by atoms with Gasteiger partial charge in [0.1, 0.15) is 0 Å². The summed E-state index contributed by atoms with van der Waals surface area (Å²) in [5.41, 5.74) is 1.43. The molecule has 0 aliphatic carbocycles. The summed E-state index contributed by atoms with van der Waals surface area (Å²) in [5, 5.41) is 3.26. The van der Waals surface area contributed by atoms with Crippen molar-refractivity contribution in [2.75, 3.05) is 11.9 Å². The molecule has 1 aliphatic heterocycles. The number of anilines is 1. The Kier molecular flexibility index (Phi) is 3.87. The zero-order chi connectivity index (χ0) is 14.1. The summed E-state index contributed by atoms with van der Waals surface area (Å²) < 4.78 is 27.9. The van der Waals surface area contributed by atoms with E-state index in [0.717, 1.165) is 37.1 Å². The summed E-state index contributed by atoms with van der Waals surface area (Å²) in [4.78, 5) is 0.415. The SMILES string of the molecule is CCC(C)(C)NS(=O)(=O)c1cccc2c1CCCN2. The Morgan fingerprint density at radius 1 is 1.37 bits per heavy atom. The predicted octanol–water partition coefficient (Wildman–Crippen LogP) is 2.51. The summed E-state index contributed by atoms with van der Waals surface area (Å²) in [6.45, 7) is 6.69. The molecule has 0 radical (unpaired) electrons. The Bertz CT molecular complexity index is 565. The lowest BCUT2D eigenvalue weighted by Crippen LogP contribution is -2.43. The van der Waals surface area contributed by atoms with E-state index in [4.69, 9.17) is 0 Å². The van der Waals surface area contributed by atoms with Gasteiger partial charge in [-0.25, -0.2) is 13.1 Å². The van der Waals surface area contributed by atoms with Gasteiger partial charge in [-0.3, -0.25) is 0 Å². The van der Waals surface area contributed by atoms with Crippen LogP contribution < -0.4 is 10.0 Å². The highest BCUT2D eigenvalue weighted by atomic mass is 32.2. The van der Waals surface area contributed by atoms with Gasteiger partial charge in [0.25, 0.3) is 0 Å². The zero-order valence-electron chi connectivity index (χ0n) is 11.8. The molecule has 0 aromatic heterocycles. The molecule has 2 N–H and O–H groups in total. The van der Waals surface area contributed by atoms with Crippen molar-refractivity contribution in [3.8, 4) is 0 Å². The van der Waals surface area contributed by atoms with E-state index in [9.17, 15) is 8.42 Å². The third kappa shape index (κ3) is 3.09. The standard InChI is InChI=1S/C14H22N2O2S/c1-4-14(2,3)16-19(17,18)13-9-5-8-12-11(13)7-6-10-15-12/h5,8-9,15-16H,4,6-7,10H2,1-3H3. The Balaban J connectivity index is 2.41. The second-order valence-corrected chi connectivity index (χ2v) is 7.31. The average Bonchev–Trinajstić information content (AvgIpc) is 2.37. The molecular weight excluding hydrogens is 260 g/mol. The predicted molar refractivity (Wildman–Crippen MR) is 77.9 cm³/mol. The molecule has 5 heteroatoms. The summed E-state index contributed by atoms with van der Waals surface area (Å²) in [5.74, 6) is 0. The number of hydrogen-bond acceptors (Lipinski definition) is 3. The van der Waals surface area contributed by atoms with Gasteiger partial charge in [0.2, 0.25) is 10.0 Å². The smallest absolute Gasteiger partial charge is 0.241 e. The van der Waals surface area contributed by atoms with E-state index in [1.165, 1.54) is 0 Å². The van der Waals surface area contributed by atoms with Crippen molar-refractivity contribution in [2.24, 2.45) is 0 Å². The van der Waals surface area contributed by atoms with Gasteiger partial charge in [-0.1, -0.05) is 13.0 Å². The highest BCUT2D eigenvalue weighted by molar-refractivity contribution is 7.89. The van der Waals surface area contributed by atoms with Crippen molar-refractivity contribution in [3.05, 3.63) is 23.8 Å². The van der Waals surface area contributed by atoms with E-state index in [-0.39, 0.29) is 0 Å². The van der Waals surface area contributed by atoms with Gasteiger partial charge < -0.3 is 5.32 Å². The van der Waals surface area contributed by atoms with Crippen LogP contribution >= 0.6 is 0 Å². The van der Waals surface area contributed by atoms with Gasteiger partial charge in [-0.2, -0.15) is 0 Å². The summed E-state index contributed by atoms with van der Waals surface area (Å²) in [6.07, 6.45) is 2.53. The molecule has 0 unspecified atom stereocenters. The van der Waals surface area contributed by atoms with E-state index >= 15 is 0 Å². The maximum Gasteiger partial charge on any atom is 0.241 e. The zero-order valence-corrected chi connectivity index (χ0v) is 12.6. The Hall–Kier alpha value is -1.07. The fourth-order valence-electron chi connectivity index (χ4n) is 2.22. The molecule has 0 amide bonds. The lowest BCUT2D eigenvalue weighted by atomic mass is 10.0. The van der Waals surface area contributed by atoms with E-state index in [2.05, 4.69) is 10.0 Å². The van der Waals surface area contributed by atoms with Gasteiger partial charge in [0.05, 0.1) is 4.90 Å². The van der Waals surface area contributed by atoms with Gasteiger partial charge in [-0.15, -0.1) is 0 Å². The largest absolute Gasteiger partial charge is 0.385 e. The summed E-state index contributed by atoms with van der Waals surface area (Å²) in [6, 6.07) is 5.43. The summed E-state index contributed by atoms with van der Waals surface area (Å²) >= 11 is 0. The molecule has 1 aromatic carbocycles. The van der Waals surface area contributed by atoms with Crippen LogP contribution in [0.15, 0.2) is 23.1 Å². The molecule has 1 heterocycles. The molecular formula is C14H22N2O2S. The van der Waals surface area contributed by atoms with Crippen molar-refractivity contribution < 1.29 is 8.42 Å². The normalized spacial score (nSPS) is 15.7. The Morgan fingerprint density at radius 2 is 2.11 bits per heavy atom. The van der Waals surface area contributed by atoms with Crippen LogP contribution in [0.2, 0.25) is 0 Å². The molecule has 0 atom stereocenters. The molecule has 0 bridgehead atoms. The van der Waals surface area contributed by atoms with E-state index in [1.807, 2.05) is 26.8 Å². The number of benzene rings is 1. The van der Waals surface area contributed by atoms with Crippen LogP contribution in [-0.4, -0.2) is 20.5 Å². The van der Waals surface area contributed by atoms with Crippen LogP contribution in [0.1, 0.15) is 39.2 Å². The number of hydrogen-bond donors (Lipinski definition) is 2. The first-order valence-corrected chi connectivity index (χ1v) is 8.24. The molecule has 106 valence electrons. The van der Waals surface area contributed by atoms with Crippen LogP contribution in [0.25, 0.3) is 0 Å². The van der Waals surface area contributed by atoms with Crippen LogP contribution in [-0.2, 0) is 16.4 Å². The maximum absolute atomic E-state index is 12.5. The molecule has 1 aliphatic rings. The third-order valence-electron chi connectivity index (χ3n) is 3.64. The van der Waals surface area contributed by atoms with Crippen molar-refractivity contribution in [1.29, 1.82) is 0 Å². The topological polar surface area (TPSA) is 58.2 Å². The van der Waals surface area contributed by atoms with E-state index in [0.29, 0.717) is 4.90 Å². The van der Waals surface area contributed by atoms with Gasteiger partial charge in [-0.05, 0) is 50.8 Å². The lowest BCUT2D eigenvalue weighted by Gasteiger charge is -2.26. The first-order chi connectivity index (χ1) is 8.86. The highest BCUT2D eigenvalue weighted by Crippen LogP contribution is 2.29. The number of sulfonamides is 1. The molecule has 0 spiro atoms. The minimum absolute atomic E-state index is 0.415. The molecule has 4 nitrogen and oxygen atoms in total. The van der Waals surface area contributed by atoms with Crippen LogP contribution in [0, 0.1) is 0 Å². The van der Waals surface area contributed by atoms with E-state index in [1.54, 1.807) is 12.1 Å². The Labute approximate surface area is 115 Å². The third-order valence-corrected chi connectivity index (χ3v) is 5.42. The number of nitrogens with one attached hydrogen (secondary N) is 2. The van der Waals surface area contributed by atoms with Crippen molar-refractivity contribution >= 4 is 15.7 Å². The maximum atomic E-state index is 12.5. The molecule has 19 heavy (non-hydrogen) atoms. The first-order valence-electron chi connectivity index (χ1n) is 6.75. The molecule has 0 saturated carbocycles. The van der Waals surface area contributed by atoms with Gasteiger partial charge in [0, 0.05) is 17.8 Å². The van der Waals surface area contributed by atoms with Crippen LogP contribution in [0.4, 0.5) is 5.69 Å². The van der Waals surface area contributed by atoms with Crippen LogP contribution in [0.3, 0.4) is 0 Å². The quantitative estimate of drug-likeness (QED) is 0.892. The molecule has 0 saturated heterocycles. The van der Waals surface area contributed by atoms with Crippen LogP contribution in [0.5, 0.6) is 0 Å². The van der Waals surface area contributed by atoms with Crippen molar-refractivity contribution in [2.45, 2.75) is 50.5 Å². The summed E-state index contributed by atoms with van der Waals surface area (Å²) in [7, 11) is -3.46. The second kappa shape index (κ2) is 5.13. The first kappa shape index (κ1) is 14.3.